The van der Waals surface area contributed by atoms with Gasteiger partial charge in [-0.05, 0) is 41.8 Å². The van der Waals surface area contributed by atoms with Crippen LogP contribution in [0, 0.1) is 0 Å². The molecule has 3 heterocycles. The molecule has 252 valence electrons. The molecular weight excluding hydrogens is 659 g/mol. The van der Waals surface area contributed by atoms with Crippen LogP contribution in [0.2, 0.25) is 0 Å². The fourth-order valence-corrected chi connectivity index (χ4v) is 8.20. The zero-order chi connectivity index (χ0) is 35.6. The highest BCUT2D eigenvalue weighted by atomic mass is 15.1. The molecule has 0 aliphatic heterocycles. The molecule has 8 aromatic carbocycles. The largest absolute Gasteiger partial charge is 0.307 e. The third-order valence-corrected chi connectivity index (χ3v) is 10.6. The van der Waals surface area contributed by atoms with Gasteiger partial charge < -0.3 is 9.13 Å². The summed E-state index contributed by atoms with van der Waals surface area (Å²) in [7, 11) is 0. The monoisotopic (exact) mass is 689 g/mol. The first kappa shape index (κ1) is 30.3. The first-order valence-electron chi connectivity index (χ1n) is 18.2. The molecule has 0 bridgehead atoms. The van der Waals surface area contributed by atoms with Crippen LogP contribution in [0.5, 0.6) is 0 Å². The highest BCUT2D eigenvalue weighted by Gasteiger charge is 2.23. The summed E-state index contributed by atoms with van der Waals surface area (Å²) in [4.78, 5) is 15.2. The summed E-state index contributed by atoms with van der Waals surface area (Å²) in [6.45, 7) is 0. The highest BCUT2D eigenvalue weighted by molar-refractivity contribution is 6.24. The molecule has 0 N–H and O–H groups in total. The van der Waals surface area contributed by atoms with E-state index in [9.17, 15) is 0 Å². The number of hydrogen-bond donors (Lipinski definition) is 0. The lowest BCUT2D eigenvalue weighted by Gasteiger charge is -2.16. The van der Waals surface area contributed by atoms with Gasteiger partial charge in [0.15, 0.2) is 17.5 Å². The molecule has 0 saturated heterocycles. The van der Waals surface area contributed by atoms with Crippen LogP contribution in [0.1, 0.15) is 0 Å². The van der Waals surface area contributed by atoms with E-state index in [1.807, 2.05) is 60.7 Å². The maximum absolute atomic E-state index is 5.12. The van der Waals surface area contributed by atoms with Gasteiger partial charge in [0.2, 0.25) is 0 Å². The van der Waals surface area contributed by atoms with E-state index in [2.05, 4.69) is 137 Å². The van der Waals surface area contributed by atoms with Gasteiger partial charge in [0, 0.05) is 49.3 Å². The number of hydrogen-bond acceptors (Lipinski definition) is 3. The molecule has 0 aliphatic rings. The Balaban J connectivity index is 1.23. The molecule has 0 amide bonds. The lowest BCUT2D eigenvalue weighted by molar-refractivity contribution is 1.08. The summed E-state index contributed by atoms with van der Waals surface area (Å²) in [5, 5.41) is 7.06. The Morgan fingerprint density at radius 1 is 0.296 bits per heavy atom. The van der Waals surface area contributed by atoms with Crippen molar-refractivity contribution >= 4 is 54.4 Å². The highest BCUT2D eigenvalue weighted by Crippen LogP contribution is 2.43. The van der Waals surface area contributed by atoms with E-state index in [1.54, 1.807) is 0 Å². The van der Waals surface area contributed by atoms with Gasteiger partial charge in [0.25, 0.3) is 0 Å². The van der Waals surface area contributed by atoms with Crippen LogP contribution in [-0.4, -0.2) is 24.1 Å². The molecule has 0 aliphatic carbocycles. The number of benzene rings is 8. The number of fused-ring (bicyclic) bond motifs is 8. The smallest absolute Gasteiger partial charge is 0.164 e. The second-order valence-corrected chi connectivity index (χ2v) is 13.6. The predicted octanol–water partition coefficient (Wildman–Crippen LogP) is 12.2. The van der Waals surface area contributed by atoms with E-state index in [4.69, 9.17) is 15.0 Å². The number of para-hydroxylation sites is 3. The van der Waals surface area contributed by atoms with Crippen molar-refractivity contribution in [2.75, 3.05) is 0 Å². The summed E-state index contributed by atoms with van der Waals surface area (Å²) in [5.41, 5.74) is 9.76. The molecule has 0 radical (unpaired) electrons. The second-order valence-electron chi connectivity index (χ2n) is 13.6. The van der Waals surface area contributed by atoms with Crippen molar-refractivity contribution in [1.29, 1.82) is 0 Å². The minimum Gasteiger partial charge on any atom is -0.307 e. The van der Waals surface area contributed by atoms with Crippen molar-refractivity contribution < 1.29 is 0 Å². The molecule has 11 rings (SSSR count). The molecular formula is C49H31N5. The Kier molecular flexibility index (Phi) is 6.79. The standard InChI is InChI=1S/C49H31N5/c1-4-16-32(17-5-1)47-50-48(33-18-6-2-7-19-33)52-49(51-47)41-30-31-44(36-23-11-10-22-35(36)41)54-43-27-15-13-25-38(43)40-29-28-39-37-24-12-14-26-42(37)53(45(39)46(40)54)34-20-8-3-9-21-34/h1-31H. The van der Waals surface area contributed by atoms with Crippen molar-refractivity contribution in [2.45, 2.75) is 0 Å². The lowest BCUT2D eigenvalue weighted by Crippen LogP contribution is -2.02. The number of aromatic nitrogens is 5. The van der Waals surface area contributed by atoms with Crippen molar-refractivity contribution in [3.05, 3.63) is 188 Å². The summed E-state index contributed by atoms with van der Waals surface area (Å²) < 4.78 is 4.90. The average molecular weight is 690 g/mol. The fourth-order valence-electron chi connectivity index (χ4n) is 8.20. The van der Waals surface area contributed by atoms with Gasteiger partial charge in [-0.25, -0.2) is 15.0 Å². The topological polar surface area (TPSA) is 48.5 Å². The molecule has 54 heavy (non-hydrogen) atoms. The van der Waals surface area contributed by atoms with Gasteiger partial charge in [-0.15, -0.1) is 0 Å². The van der Waals surface area contributed by atoms with E-state index in [0.29, 0.717) is 17.5 Å². The van der Waals surface area contributed by atoms with Gasteiger partial charge in [0.05, 0.1) is 27.8 Å². The molecule has 0 saturated carbocycles. The molecule has 3 aromatic heterocycles. The third-order valence-electron chi connectivity index (χ3n) is 10.6. The normalized spacial score (nSPS) is 11.7. The zero-order valence-electron chi connectivity index (χ0n) is 29.1. The Bertz CT molecular complexity index is 3140. The molecule has 0 unspecified atom stereocenters. The van der Waals surface area contributed by atoms with Crippen LogP contribution in [0.25, 0.3) is 99.9 Å². The van der Waals surface area contributed by atoms with Gasteiger partial charge in [0.1, 0.15) is 0 Å². The predicted molar refractivity (Wildman–Crippen MR) is 222 cm³/mol. The van der Waals surface area contributed by atoms with Crippen LogP contribution < -0.4 is 0 Å². The number of nitrogens with zero attached hydrogens (tertiary/aromatic N) is 5. The molecule has 0 atom stereocenters. The van der Waals surface area contributed by atoms with Crippen molar-refractivity contribution in [1.82, 2.24) is 24.1 Å². The summed E-state index contributed by atoms with van der Waals surface area (Å²) >= 11 is 0. The second kappa shape index (κ2) is 12.1. The zero-order valence-corrected chi connectivity index (χ0v) is 29.1. The minimum absolute atomic E-state index is 0.638. The molecule has 0 fully saturated rings. The Morgan fingerprint density at radius 3 is 1.33 bits per heavy atom. The fraction of sp³-hybridized carbons (Fsp3) is 0. The molecule has 5 heteroatoms. The number of rotatable bonds is 5. The van der Waals surface area contributed by atoms with E-state index >= 15 is 0 Å². The minimum atomic E-state index is 0.638. The van der Waals surface area contributed by atoms with Gasteiger partial charge in [-0.1, -0.05) is 152 Å². The van der Waals surface area contributed by atoms with Crippen LogP contribution in [-0.2, 0) is 0 Å². The molecule has 5 nitrogen and oxygen atoms in total. The van der Waals surface area contributed by atoms with Crippen molar-refractivity contribution in [2.24, 2.45) is 0 Å². The SMILES string of the molecule is c1ccc(-c2nc(-c3ccccc3)nc(-c3ccc(-n4c5ccccc5c5ccc6c7ccccc7n(-c7ccccc7)c6c54)c4ccccc34)n2)cc1. The van der Waals surface area contributed by atoms with E-state index < -0.39 is 0 Å². The van der Waals surface area contributed by atoms with Gasteiger partial charge >= 0.3 is 0 Å². The maximum Gasteiger partial charge on any atom is 0.164 e. The Morgan fingerprint density at radius 2 is 0.741 bits per heavy atom. The van der Waals surface area contributed by atoms with E-state index in [0.717, 1.165) is 44.4 Å². The van der Waals surface area contributed by atoms with Gasteiger partial charge in [-0.2, -0.15) is 0 Å². The van der Waals surface area contributed by atoms with Crippen LogP contribution in [0.3, 0.4) is 0 Å². The quantitative estimate of drug-likeness (QED) is 0.181. The first-order valence-corrected chi connectivity index (χ1v) is 18.2. The summed E-state index contributed by atoms with van der Waals surface area (Å²) in [6.07, 6.45) is 0. The third kappa shape index (κ3) is 4.62. The van der Waals surface area contributed by atoms with Crippen molar-refractivity contribution in [3.63, 3.8) is 0 Å². The van der Waals surface area contributed by atoms with Crippen LogP contribution in [0.15, 0.2) is 188 Å². The van der Waals surface area contributed by atoms with Gasteiger partial charge in [-0.3, -0.25) is 0 Å². The van der Waals surface area contributed by atoms with Crippen LogP contribution >= 0.6 is 0 Å². The molecule has 11 aromatic rings. The Labute approximate surface area is 311 Å². The van der Waals surface area contributed by atoms with Crippen molar-refractivity contribution in [3.8, 4) is 45.5 Å². The Hall–Kier alpha value is -7.37. The summed E-state index contributed by atoms with van der Waals surface area (Å²) in [5.74, 6) is 1.93. The lowest BCUT2D eigenvalue weighted by atomic mass is 10.0. The first-order chi connectivity index (χ1) is 26.8. The maximum atomic E-state index is 5.12. The van der Waals surface area contributed by atoms with Crippen LogP contribution in [0.4, 0.5) is 0 Å². The summed E-state index contributed by atoms with van der Waals surface area (Å²) in [6, 6.07) is 66.2. The average Bonchev–Trinajstić information content (AvgIpc) is 3.77. The molecule has 0 spiro atoms. The van der Waals surface area contributed by atoms with E-state index in [1.165, 1.54) is 38.1 Å². The van der Waals surface area contributed by atoms with E-state index in [-0.39, 0.29) is 0 Å².